The van der Waals surface area contributed by atoms with Crippen LogP contribution in [-0.4, -0.2) is 61.1 Å². The van der Waals surface area contributed by atoms with Gasteiger partial charge in [-0.15, -0.1) is 62.3 Å². The lowest BCUT2D eigenvalue weighted by Crippen LogP contribution is -2.46. The van der Waals surface area contributed by atoms with E-state index in [0.717, 1.165) is 32.6 Å². The maximum absolute atomic E-state index is 4.88. The molecule has 1 aromatic carbocycles. The molecule has 0 aliphatic carbocycles. The van der Waals surface area contributed by atoms with Crippen LogP contribution in [0.4, 0.5) is 5.13 Å². The average molecular weight is 601 g/mol. The highest BCUT2D eigenvalue weighted by molar-refractivity contribution is 8.93. The summed E-state index contributed by atoms with van der Waals surface area (Å²) >= 11 is 1.80. The van der Waals surface area contributed by atoms with Crippen molar-refractivity contribution < 1.29 is 0 Å². The number of nitrogens with zero attached hydrogens (tertiary/aromatic N) is 4. The van der Waals surface area contributed by atoms with Crippen molar-refractivity contribution in [2.24, 2.45) is 0 Å². The molecule has 8 heteroatoms. The Balaban J connectivity index is 0.00000243. The van der Waals surface area contributed by atoms with Gasteiger partial charge in [0, 0.05) is 51.1 Å². The summed E-state index contributed by atoms with van der Waals surface area (Å²) in [5.74, 6) is 0. The highest BCUT2D eigenvalue weighted by Gasteiger charge is 2.18. The fraction of sp³-hybridized carbons (Fsp3) is 0.550. The van der Waals surface area contributed by atoms with Crippen LogP contribution >= 0.6 is 62.3 Å². The van der Waals surface area contributed by atoms with E-state index in [1.54, 1.807) is 11.3 Å². The zero-order valence-electron chi connectivity index (χ0n) is 16.7. The van der Waals surface area contributed by atoms with Gasteiger partial charge in [0.05, 0.1) is 5.69 Å². The van der Waals surface area contributed by atoms with E-state index in [4.69, 9.17) is 4.98 Å². The molecule has 0 unspecified atom stereocenters. The minimum Gasteiger partial charge on any atom is -0.346 e. The third kappa shape index (κ3) is 8.79. The second kappa shape index (κ2) is 14.9. The van der Waals surface area contributed by atoms with Gasteiger partial charge in [-0.3, -0.25) is 4.90 Å². The molecule has 0 bridgehead atoms. The van der Waals surface area contributed by atoms with Gasteiger partial charge >= 0.3 is 0 Å². The summed E-state index contributed by atoms with van der Waals surface area (Å²) in [6.45, 7) is 10.1. The van der Waals surface area contributed by atoms with Gasteiger partial charge in [-0.1, -0.05) is 37.3 Å². The zero-order valence-corrected chi connectivity index (χ0v) is 22.7. The SMILES string of the molecule is Br.Br.Br.CCCN1CCN(c2nc(CCN(C)Cc3ccccc3)cs2)CC1. The van der Waals surface area contributed by atoms with Gasteiger partial charge in [0.1, 0.15) is 0 Å². The number of halogens is 3. The molecule has 1 aromatic heterocycles. The predicted molar refractivity (Wildman–Crippen MR) is 139 cm³/mol. The molecule has 1 aliphatic rings. The van der Waals surface area contributed by atoms with Crippen LogP contribution in [0.3, 0.4) is 0 Å². The first-order chi connectivity index (χ1) is 12.2. The lowest BCUT2D eigenvalue weighted by Gasteiger charge is -2.34. The molecular formula is C20H33Br3N4S. The van der Waals surface area contributed by atoms with Crippen LogP contribution in [-0.2, 0) is 13.0 Å². The number of likely N-dealkylation sites (N-methyl/N-ethyl adjacent to an activating group) is 1. The topological polar surface area (TPSA) is 22.6 Å². The lowest BCUT2D eigenvalue weighted by molar-refractivity contribution is 0.258. The van der Waals surface area contributed by atoms with Crippen LogP contribution in [0.5, 0.6) is 0 Å². The summed E-state index contributed by atoms with van der Waals surface area (Å²) in [7, 11) is 2.19. The Labute approximate surface area is 205 Å². The van der Waals surface area contributed by atoms with Gasteiger partial charge in [0.25, 0.3) is 0 Å². The largest absolute Gasteiger partial charge is 0.346 e. The summed E-state index contributed by atoms with van der Waals surface area (Å²) in [5, 5.41) is 3.45. The molecule has 2 heterocycles. The van der Waals surface area contributed by atoms with Crippen molar-refractivity contribution in [1.82, 2.24) is 14.8 Å². The fourth-order valence-electron chi connectivity index (χ4n) is 3.31. The Morgan fingerprint density at radius 3 is 2.36 bits per heavy atom. The van der Waals surface area contributed by atoms with Crippen molar-refractivity contribution in [3.63, 3.8) is 0 Å². The highest BCUT2D eigenvalue weighted by Crippen LogP contribution is 2.22. The summed E-state index contributed by atoms with van der Waals surface area (Å²) in [6, 6.07) is 10.7. The number of rotatable bonds is 8. The van der Waals surface area contributed by atoms with Crippen molar-refractivity contribution in [1.29, 1.82) is 0 Å². The third-order valence-electron chi connectivity index (χ3n) is 4.77. The number of aromatic nitrogens is 1. The molecule has 0 N–H and O–H groups in total. The number of thiazole rings is 1. The molecule has 0 radical (unpaired) electrons. The van der Waals surface area contributed by atoms with Crippen LogP contribution in [0.15, 0.2) is 35.7 Å². The summed E-state index contributed by atoms with van der Waals surface area (Å²) in [5.41, 5.74) is 2.60. The van der Waals surface area contributed by atoms with E-state index < -0.39 is 0 Å². The minimum absolute atomic E-state index is 0. The number of hydrogen-bond acceptors (Lipinski definition) is 5. The first kappa shape index (κ1) is 28.0. The Morgan fingerprint density at radius 2 is 1.71 bits per heavy atom. The van der Waals surface area contributed by atoms with E-state index in [2.05, 4.69) is 64.4 Å². The second-order valence-electron chi connectivity index (χ2n) is 6.92. The number of piperazine rings is 1. The van der Waals surface area contributed by atoms with Crippen molar-refractivity contribution in [3.8, 4) is 0 Å². The monoisotopic (exact) mass is 598 g/mol. The molecule has 160 valence electrons. The van der Waals surface area contributed by atoms with Crippen LogP contribution < -0.4 is 4.90 Å². The molecule has 1 fully saturated rings. The van der Waals surface area contributed by atoms with Gasteiger partial charge in [-0.05, 0) is 25.6 Å². The Bertz CT molecular complexity index is 633. The molecule has 2 aromatic rings. The lowest BCUT2D eigenvalue weighted by atomic mass is 10.2. The Kier molecular flexibility index (Phi) is 14.9. The van der Waals surface area contributed by atoms with Crippen molar-refractivity contribution in [3.05, 3.63) is 47.0 Å². The van der Waals surface area contributed by atoms with Crippen molar-refractivity contribution in [2.45, 2.75) is 26.3 Å². The minimum atomic E-state index is 0. The Morgan fingerprint density at radius 1 is 1.04 bits per heavy atom. The van der Waals surface area contributed by atoms with Crippen LogP contribution in [0.2, 0.25) is 0 Å². The normalized spacial score (nSPS) is 14.2. The van der Waals surface area contributed by atoms with Gasteiger partial charge in [0.2, 0.25) is 0 Å². The van der Waals surface area contributed by atoms with E-state index in [1.165, 1.54) is 42.4 Å². The van der Waals surface area contributed by atoms with Gasteiger partial charge in [-0.2, -0.15) is 0 Å². The molecule has 1 aliphatic heterocycles. The molecule has 4 nitrogen and oxygen atoms in total. The fourth-order valence-corrected chi connectivity index (χ4v) is 4.23. The highest BCUT2D eigenvalue weighted by atomic mass is 79.9. The van der Waals surface area contributed by atoms with Gasteiger partial charge in [0.15, 0.2) is 5.13 Å². The molecule has 0 spiro atoms. The van der Waals surface area contributed by atoms with Gasteiger partial charge in [-0.25, -0.2) is 4.98 Å². The molecule has 0 amide bonds. The predicted octanol–water partition coefficient (Wildman–Crippen LogP) is 5.08. The van der Waals surface area contributed by atoms with Crippen LogP contribution in [0.25, 0.3) is 0 Å². The molecule has 0 atom stereocenters. The summed E-state index contributed by atoms with van der Waals surface area (Å²) in [4.78, 5) is 12.3. The first-order valence-electron chi connectivity index (χ1n) is 9.39. The number of hydrogen-bond donors (Lipinski definition) is 0. The second-order valence-corrected chi connectivity index (χ2v) is 7.76. The molecule has 1 saturated heterocycles. The summed E-state index contributed by atoms with van der Waals surface area (Å²) < 4.78 is 0. The van der Waals surface area contributed by atoms with Crippen LogP contribution in [0, 0.1) is 0 Å². The molecular weight excluding hydrogens is 568 g/mol. The summed E-state index contributed by atoms with van der Waals surface area (Å²) in [6.07, 6.45) is 2.27. The van der Waals surface area contributed by atoms with E-state index in [-0.39, 0.29) is 50.9 Å². The van der Waals surface area contributed by atoms with Gasteiger partial charge < -0.3 is 9.80 Å². The van der Waals surface area contributed by atoms with E-state index in [1.807, 2.05) is 0 Å². The van der Waals surface area contributed by atoms with Crippen molar-refractivity contribution in [2.75, 3.05) is 51.2 Å². The van der Waals surface area contributed by atoms with E-state index in [9.17, 15) is 0 Å². The zero-order chi connectivity index (χ0) is 17.5. The molecule has 3 rings (SSSR count). The average Bonchev–Trinajstić information content (AvgIpc) is 3.11. The maximum atomic E-state index is 4.88. The smallest absolute Gasteiger partial charge is 0.185 e. The first-order valence-corrected chi connectivity index (χ1v) is 10.3. The van der Waals surface area contributed by atoms with Crippen molar-refractivity contribution >= 4 is 67.4 Å². The number of benzene rings is 1. The third-order valence-corrected chi connectivity index (χ3v) is 5.72. The standard InChI is InChI=1S/C20H30N4S.3BrH/c1-3-10-23-12-14-24(15-13-23)20-21-19(17-25-20)9-11-22(2)16-18-7-5-4-6-8-18;;;/h4-8,17H,3,9-16H2,1-2H3;3*1H. The number of anilines is 1. The maximum Gasteiger partial charge on any atom is 0.185 e. The van der Waals surface area contributed by atoms with E-state index in [0.29, 0.717) is 0 Å². The molecule has 0 saturated carbocycles. The van der Waals surface area contributed by atoms with E-state index >= 15 is 0 Å². The Hall–Kier alpha value is 0.01000. The van der Waals surface area contributed by atoms with Crippen LogP contribution in [0.1, 0.15) is 24.6 Å². The quantitative estimate of drug-likeness (QED) is 0.421. The molecule has 28 heavy (non-hydrogen) atoms.